The summed E-state index contributed by atoms with van der Waals surface area (Å²) < 4.78 is 0. The van der Waals surface area contributed by atoms with E-state index < -0.39 is 0 Å². The zero-order valence-electron chi connectivity index (χ0n) is 13.3. The quantitative estimate of drug-likeness (QED) is 0.755. The summed E-state index contributed by atoms with van der Waals surface area (Å²) in [5.74, 6) is 0. The van der Waals surface area contributed by atoms with Crippen LogP contribution in [0.3, 0.4) is 0 Å². The van der Waals surface area contributed by atoms with Crippen LogP contribution in [0.5, 0.6) is 0 Å². The van der Waals surface area contributed by atoms with Crippen LogP contribution in [0.1, 0.15) is 33.1 Å². The summed E-state index contributed by atoms with van der Waals surface area (Å²) in [6.07, 6.45) is 3.23. The molecule has 0 bridgehead atoms. The number of rotatable bonds is 6. The smallest absolute Gasteiger partial charge is 0.318 e. The molecule has 2 heterocycles. The molecule has 23 heavy (non-hydrogen) atoms. The number of nitrogens with zero attached hydrogens (tertiary/aromatic N) is 2. The molecule has 1 aliphatic carbocycles. The van der Waals surface area contributed by atoms with Gasteiger partial charge >= 0.3 is 6.03 Å². The van der Waals surface area contributed by atoms with E-state index in [1.165, 1.54) is 16.1 Å². The van der Waals surface area contributed by atoms with Gasteiger partial charge in [0.05, 0.1) is 25.4 Å². The standard InChI is InChI=1S/C16H22N4O2S/c1-11-5-6-12(23-11)10-20(7-8-21)16(22)17-9-15-13-3-2-4-14(13)18-19-15/h5-6,21H,2-4,7-10H2,1H3,(H,17,22)(H,18,19). The highest BCUT2D eigenvalue weighted by atomic mass is 32.1. The molecule has 6 nitrogen and oxygen atoms in total. The zero-order valence-corrected chi connectivity index (χ0v) is 14.1. The van der Waals surface area contributed by atoms with Crippen LogP contribution in [0.25, 0.3) is 0 Å². The van der Waals surface area contributed by atoms with Gasteiger partial charge in [-0.25, -0.2) is 4.79 Å². The molecule has 0 aliphatic heterocycles. The molecular weight excluding hydrogens is 312 g/mol. The minimum absolute atomic E-state index is 0.0461. The van der Waals surface area contributed by atoms with Crippen LogP contribution in [0.2, 0.25) is 0 Å². The van der Waals surface area contributed by atoms with Crippen LogP contribution in [0.4, 0.5) is 4.79 Å². The SMILES string of the molecule is Cc1ccc(CN(CCO)C(=O)NCc2n[nH]c3c2CCC3)s1. The van der Waals surface area contributed by atoms with Crippen molar-refractivity contribution in [2.24, 2.45) is 0 Å². The molecule has 0 unspecified atom stereocenters. The lowest BCUT2D eigenvalue weighted by molar-refractivity contribution is 0.174. The summed E-state index contributed by atoms with van der Waals surface area (Å²) in [6.45, 7) is 3.26. The Morgan fingerprint density at radius 3 is 3.09 bits per heavy atom. The first-order valence-corrected chi connectivity index (χ1v) is 8.73. The van der Waals surface area contributed by atoms with Crippen LogP contribution < -0.4 is 5.32 Å². The highest BCUT2D eigenvalue weighted by Crippen LogP contribution is 2.22. The highest BCUT2D eigenvalue weighted by molar-refractivity contribution is 7.11. The molecule has 0 atom stereocenters. The zero-order chi connectivity index (χ0) is 16.2. The minimum Gasteiger partial charge on any atom is -0.395 e. The number of fused-ring (bicyclic) bond motifs is 1. The van der Waals surface area contributed by atoms with E-state index in [1.807, 2.05) is 19.1 Å². The van der Waals surface area contributed by atoms with Gasteiger partial charge in [0, 0.05) is 22.0 Å². The van der Waals surface area contributed by atoms with Crippen molar-refractivity contribution >= 4 is 17.4 Å². The molecule has 0 saturated carbocycles. The Morgan fingerprint density at radius 1 is 1.48 bits per heavy atom. The number of thiophene rings is 1. The molecule has 2 amide bonds. The van der Waals surface area contributed by atoms with Crippen LogP contribution in [0.15, 0.2) is 12.1 Å². The van der Waals surface area contributed by atoms with Gasteiger partial charge in [0.25, 0.3) is 0 Å². The van der Waals surface area contributed by atoms with E-state index in [2.05, 4.69) is 15.5 Å². The minimum atomic E-state index is -0.167. The number of aliphatic hydroxyl groups is 1. The first kappa shape index (κ1) is 16.0. The number of amides is 2. The summed E-state index contributed by atoms with van der Waals surface area (Å²) in [7, 11) is 0. The molecule has 3 N–H and O–H groups in total. The van der Waals surface area contributed by atoms with Crippen LogP contribution in [-0.4, -0.2) is 39.4 Å². The van der Waals surface area contributed by atoms with Crippen molar-refractivity contribution in [2.45, 2.75) is 39.3 Å². The van der Waals surface area contributed by atoms with Gasteiger partial charge in [0.1, 0.15) is 0 Å². The van der Waals surface area contributed by atoms with Gasteiger partial charge in [-0.2, -0.15) is 5.10 Å². The Hall–Kier alpha value is -1.86. The van der Waals surface area contributed by atoms with E-state index in [9.17, 15) is 9.90 Å². The number of carbonyl (C=O) groups excluding carboxylic acids is 1. The molecule has 0 saturated heterocycles. The van der Waals surface area contributed by atoms with Crippen LogP contribution in [0, 0.1) is 6.92 Å². The predicted molar refractivity (Wildman–Crippen MR) is 89.4 cm³/mol. The fourth-order valence-corrected chi connectivity index (χ4v) is 3.84. The average molecular weight is 334 g/mol. The number of aryl methyl sites for hydroxylation is 2. The van der Waals surface area contributed by atoms with Crippen molar-refractivity contribution < 1.29 is 9.90 Å². The van der Waals surface area contributed by atoms with Crippen molar-refractivity contribution in [1.82, 2.24) is 20.4 Å². The van der Waals surface area contributed by atoms with E-state index in [1.54, 1.807) is 16.2 Å². The van der Waals surface area contributed by atoms with Crippen molar-refractivity contribution in [3.05, 3.63) is 38.8 Å². The van der Waals surface area contributed by atoms with Gasteiger partial charge in [-0.1, -0.05) is 0 Å². The number of carbonyl (C=O) groups is 1. The van der Waals surface area contributed by atoms with Crippen molar-refractivity contribution in [3.8, 4) is 0 Å². The predicted octanol–water partition coefficient (Wildman–Crippen LogP) is 1.97. The lowest BCUT2D eigenvalue weighted by Crippen LogP contribution is -2.40. The molecule has 2 aromatic heterocycles. The fourth-order valence-electron chi connectivity index (χ4n) is 2.94. The molecule has 7 heteroatoms. The van der Waals surface area contributed by atoms with E-state index >= 15 is 0 Å². The van der Waals surface area contributed by atoms with Gasteiger partial charge in [0.15, 0.2) is 0 Å². The van der Waals surface area contributed by atoms with Crippen LogP contribution in [-0.2, 0) is 25.9 Å². The maximum Gasteiger partial charge on any atom is 0.318 e. The van der Waals surface area contributed by atoms with Crippen molar-refractivity contribution in [3.63, 3.8) is 0 Å². The van der Waals surface area contributed by atoms with Crippen molar-refractivity contribution in [2.75, 3.05) is 13.2 Å². The van der Waals surface area contributed by atoms with E-state index in [-0.39, 0.29) is 12.6 Å². The fraction of sp³-hybridized carbons (Fsp3) is 0.500. The molecule has 0 aromatic carbocycles. The maximum atomic E-state index is 12.4. The molecule has 2 aromatic rings. The number of H-pyrrole nitrogens is 1. The Labute approximate surface area is 139 Å². The highest BCUT2D eigenvalue weighted by Gasteiger charge is 2.20. The molecule has 124 valence electrons. The molecular formula is C16H22N4O2S. The van der Waals surface area contributed by atoms with E-state index in [4.69, 9.17) is 0 Å². The molecule has 0 fully saturated rings. The number of urea groups is 1. The van der Waals surface area contributed by atoms with Gasteiger partial charge in [-0.05, 0) is 43.9 Å². The van der Waals surface area contributed by atoms with Crippen molar-refractivity contribution in [1.29, 1.82) is 0 Å². The third-order valence-electron chi connectivity index (χ3n) is 4.10. The number of aromatic nitrogens is 2. The van der Waals surface area contributed by atoms with Gasteiger partial charge < -0.3 is 15.3 Å². The summed E-state index contributed by atoms with van der Waals surface area (Å²) in [5.41, 5.74) is 3.39. The normalized spacial score (nSPS) is 13.1. The third kappa shape index (κ3) is 3.73. The number of nitrogens with one attached hydrogen (secondary N) is 2. The Morgan fingerprint density at radius 2 is 2.35 bits per heavy atom. The number of aliphatic hydroxyl groups excluding tert-OH is 1. The molecule has 0 radical (unpaired) electrons. The second kappa shape index (κ2) is 7.14. The third-order valence-corrected chi connectivity index (χ3v) is 5.08. The number of hydrogen-bond acceptors (Lipinski definition) is 4. The summed E-state index contributed by atoms with van der Waals surface area (Å²) in [5, 5.41) is 19.5. The average Bonchev–Trinajstić information content (AvgIpc) is 3.22. The molecule has 0 spiro atoms. The largest absolute Gasteiger partial charge is 0.395 e. The second-order valence-corrected chi connectivity index (χ2v) is 7.17. The Balaban J connectivity index is 1.59. The Bertz CT molecular complexity index is 679. The van der Waals surface area contributed by atoms with Gasteiger partial charge in [-0.3, -0.25) is 5.10 Å². The topological polar surface area (TPSA) is 81.2 Å². The lowest BCUT2D eigenvalue weighted by Gasteiger charge is -2.21. The first-order chi connectivity index (χ1) is 11.2. The molecule has 3 rings (SSSR count). The lowest BCUT2D eigenvalue weighted by atomic mass is 10.2. The molecule has 1 aliphatic rings. The van der Waals surface area contributed by atoms with Crippen LogP contribution >= 0.6 is 11.3 Å². The first-order valence-electron chi connectivity index (χ1n) is 7.91. The number of hydrogen-bond donors (Lipinski definition) is 3. The number of aromatic amines is 1. The Kier molecular flexibility index (Phi) is 4.97. The van der Waals surface area contributed by atoms with E-state index in [0.717, 1.165) is 29.8 Å². The second-order valence-electron chi connectivity index (χ2n) is 5.80. The maximum absolute atomic E-state index is 12.4. The summed E-state index contributed by atoms with van der Waals surface area (Å²) in [6, 6.07) is 3.90. The van der Waals surface area contributed by atoms with Gasteiger partial charge in [0.2, 0.25) is 0 Å². The van der Waals surface area contributed by atoms with Gasteiger partial charge in [-0.15, -0.1) is 11.3 Å². The summed E-state index contributed by atoms with van der Waals surface area (Å²) in [4.78, 5) is 16.4. The summed E-state index contributed by atoms with van der Waals surface area (Å²) >= 11 is 1.67. The van der Waals surface area contributed by atoms with E-state index in [0.29, 0.717) is 19.6 Å². The monoisotopic (exact) mass is 334 g/mol.